The predicted molar refractivity (Wildman–Crippen MR) is 108 cm³/mol. The van der Waals surface area contributed by atoms with Crippen LogP contribution in [-0.2, 0) is 10.0 Å². The number of phenols is 1. The molecule has 1 aliphatic heterocycles. The molecule has 0 bridgehead atoms. The quantitative estimate of drug-likeness (QED) is 0.396. The Kier molecular flexibility index (Phi) is 4.74. The molecule has 0 aliphatic carbocycles. The standard InChI is InChI=1S/C17H12ClN3O6S2/c18-16-11(8-1-4-14-12(5-8)19-21-27-14)7-15(28-16)29(25,26)20-9-2-3-10(17(23)24)13(22)6-9/h1-7,19-22H,(H,23,24). The van der Waals surface area contributed by atoms with Crippen molar-refractivity contribution in [2.24, 2.45) is 0 Å². The van der Waals surface area contributed by atoms with Gasteiger partial charge < -0.3 is 15.1 Å². The van der Waals surface area contributed by atoms with E-state index in [1.165, 1.54) is 12.1 Å². The molecule has 1 aromatic heterocycles. The first-order valence-electron chi connectivity index (χ1n) is 7.95. The number of benzene rings is 2. The number of aromatic hydroxyl groups is 1. The van der Waals surface area contributed by atoms with Crippen LogP contribution >= 0.6 is 22.9 Å². The van der Waals surface area contributed by atoms with Gasteiger partial charge in [-0.1, -0.05) is 23.3 Å². The Morgan fingerprint density at radius 2 is 1.97 bits per heavy atom. The molecule has 0 amide bonds. The third-order valence-electron chi connectivity index (χ3n) is 4.05. The SMILES string of the molecule is O=C(O)c1ccc(NS(=O)(=O)c2cc(-c3ccc4c(c3)NNO4)c(Cl)s2)cc1O. The van der Waals surface area contributed by atoms with Gasteiger partial charge in [0.25, 0.3) is 10.0 Å². The smallest absolute Gasteiger partial charge is 0.339 e. The summed E-state index contributed by atoms with van der Waals surface area (Å²) in [4.78, 5) is 16.1. The number of aromatic carboxylic acids is 1. The molecule has 5 N–H and O–H groups in total. The highest BCUT2D eigenvalue weighted by Crippen LogP contribution is 2.41. The average molecular weight is 454 g/mol. The molecule has 2 heterocycles. The fourth-order valence-corrected chi connectivity index (χ4v) is 5.49. The van der Waals surface area contributed by atoms with E-state index in [-0.39, 0.29) is 19.8 Å². The van der Waals surface area contributed by atoms with E-state index >= 15 is 0 Å². The number of carboxylic acid groups (broad SMARTS) is 1. The minimum Gasteiger partial charge on any atom is -0.507 e. The van der Waals surface area contributed by atoms with Crippen molar-refractivity contribution in [2.75, 3.05) is 10.1 Å². The maximum absolute atomic E-state index is 12.7. The molecular weight excluding hydrogens is 442 g/mol. The van der Waals surface area contributed by atoms with Gasteiger partial charge in [0.15, 0.2) is 5.75 Å². The van der Waals surface area contributed by atoms with Crippen LogP contribution in [0.4, 0.5) is 11.4 Å². The highest BCUT2D eigenvalue weighted by Gasteiger charge is 2.22. The summed E-state index contributed by atoms with van der Waals surface area (Å²) in [5.41, 5.74) is 6.90. The summed E-state index contributed by atoms with van der Waals surface area (Å²) >= 11 is 7.15. The van der Waals surface area contributed by atoms with Crippen molar-refractivity contribution >= 4 is 50.3 Å². The third kappa shape index (κ3) is 3.68. The van der Waals surface area contributed by atoms with Gasteiger partial charge in [-0.15, -0.1) is 11.3 Å². The minimum atomic E-state index is -4.01. The Morgan fingerprint density at radius 3 is 2.69 bits per heavy atom. The molecule has 4 rings (SSSR count). The zero-order valence-corrected chi connectivity index (χ0v) is 16.7. The van der Waals surface area contributed by atoms with Crippen LogP contribution in [0.3, 0.4) is 0 Å². The van der Waals surface area contributed by atoms with E-state index < -0.39 is 21.7 Å². The molecule has 0 spiro atoms. The Hall–Kier alpha value is -2.99. The molecule has 3 aromatic rings. The Labute approximate surface area is 173 Å². The van der Waals surface area contributed by atoms with Gasteiger partial charge in [-0.25, -0.2) is 13.2 Å². The lowest BCUT2D eigenvalue weighted by atomic mass is 10.1. The normalized spacial score (nSPS) is 12.7. The van der Waals surface area contributed by atoms with Crippen molar-refractivity contribution in [2.45, 2.75) is 4.21 Å². The number of fused-ring (bicyclic) bond motifs is 1. The molecule has 0 atom stereocenters. The Balaban J connectivity index is 1.64. The highest BCUT2D eigenvalue weighted by atomic mass is 35.5. The molecule has 2 aromatic carbocycles. The fraction of sp³-hybridized carbons (Fsp3) is 0. The van der Waals surface area contributed by atoms with E-state index in [1.54, 1.807) is 18.2 Å². The number of hydrogen-bond donors (Lipinski definition) is 5. The third-order valence-corrected chi connectivity index (χ3v) is 7.26. The topological polar surface area (TPSA) is 137 Å². The fourth-order valence-electron chi connectivity index (χ4n) is 2.68. The van der Waals surface area contributed by atoms with Crippen molar-refractivity contribution in [1.29, 1.82) is 0 Å². The van der Waals surface area contributed by atoms with Gasteiger partial charge in [0.1, 0.15) is 19.9 Å². The van der Waals surface area contributed by atoms with Crippen LogP contribution in [0.5, 0.6) is 11.5 Å². The molecule has 0 radical (unpaired) electrons. The van der Waals surface area contributed by atoms with E-state index in [4.69, 9.17) is 21.5 Å². The summed E-state index contributed by atoms with van der Waals surface area (Å²) in [6.07, 6.45) is 0. The van der Waals surface area contributed by atoms with E-state index in [2.05, 4.69) is 15.7 Å². The number of anilines is 2. The minimum absolute atomic E-state index is 0.0172. The van der Waals surface area contributed by atoms with Gasteiger partial charge in [0.05, 0.1) is 11.4 Å². The molecule has 12 heteroatoms. The number of nitrogens with one attached hydrogen (secondary N) is 3. The van der Waals surface area contributed by atoms with Crippen LogP contribution in [-0.4, -0.2) is 24.6 Å². The van der Waals surface area contributed by atoms with E-state index in [0.29, 0.717) is 22.6 Å². The Morgan fingerprint density at radius 1 is 1.17 bits per heavy atom. The van der Waals surface area contributed by atoms with Crippen LogP contribution in [0.1, 0.15) is 10.4 Å². The molecule has 0 saturated carbocycles. The van der Waals surface area contributed by atoms with Crippen LogP contribution in [0, 0.1) is 0 Å². The molecular formula is C17H12ClN3O6S2. The number of hydrazine groups is 1. The van der Waals surface area contributed by atoms with E-state index in [9.17, 15) is 18.3 Å². The van der Waals surface area contributed by atoms with Crippen LogP contribution < -0.4 is 20.6 Å². The highest BCUT2D eigenvalue weighted by molar-refractivity contribution is 7.94. The summed E-state index contributed by atoms with van der Waals surface area (Å²) in [5.74, 6) is -1.28. The number of thiophene rings is 1. The largest absolute Gasteiger partial charge is 0.507 e. The molecule has 0 unspecified atom stereocenters. The molecule has 0 fully saturated rings. The van der Waals surface area contributed by atoms with Crippen molar-refractivity contribution in [3.8, 4) is 22.6 Å². The van der Waals surface area contributed by atoms with Crippen molar-refractivity contribution < 1.29 is 28.3 Å². The number of rotatable bonds is 5. The number of hydrogen-bond acceptors (Lipinski definition) is 8. The number of sulfonamides is 1. The van der Waals surface area contributed by atoms with Crippen LogP contribution in [0.2, 0.25) is 4.34 Å². The summed E-state index contributed by atoms with van der Waals surface area (Å²) < 4.78 is 28.0. The number of carboxylic acids is 1. The zero-order valence-electron chi connectivity index (χ0n) is 14.3. The predicted octanol–water partition coefficient (Wildman–Crippen LogP) is 3.50. The van der Waals surface area contributed by atoms with E-state index in [1.807, 2.05) is 0 Å². The van der Waals surface area contributed by atoms with Crippen LogP contribution in [0.25, 0.3) is 11.1 Å². The summed E-state index contributed by atoms with van der Waals surface area (Å²) in [6, 6.07) is 10.0. The lowest BCUT2D eigenvalue weighted by Gasteiger charge is -2.07. The molecule has 150 valence electrons. The maximum atomic E-state index is 12.7. The monoisotopic (exact) mass is 453 g/mol. The summed E-state index contributed by atoms with van der Waals surface area (Å²) in [7, 11) is -4.01. The van der Waals surface area contributed by atoms with Crippen molar-refractivity contribution in [3.05, 3.63) is 52.4 Å². The van der Waals surface area contributed by atoms with Gasteiger partial charge in [-0.05, 0) is 35.9 Å². The first-order valence-corrected chi connectivity index (χ1v) is 10.6. The van der Waals surface area contributed by atoms with E-state index in [0.717, 1.165) is 23.5 Å². The van der Waals surface area contributed by atoms with Gasteiger partial charge in [0, 0.05) is 11.6 Å². The summed E-state index contributed by atoms with van der Waals surface area (Å²) in [6.45, 7) is 0. The second kappa shape index (κ2) is 7.12. The zero-order chi connectivity index (χ0) is 20.8. The molecule has 1 aliphatic rings. The lowest BCUT2D eigenvalue weighted by Crippen LogP contribution is -2.16. The second-order valence-corrected chi connectivity index (χ2v) is 9.50. The van der Waals surface area contributed by atoms with Gasteiger partial charge in [0.2, 0.25) is 0 Å². The molecule has 0 saturated heterocycles. The number of halogens is 1. The molecule has 29 heavy (non-hydrogen) atoms. The van der Waals surface area contributed by atoms with Crippen LogP contribution in [0.15, 0.2) is 46.7 Å². The second-order valence-electron chi connectivity index (χ2n) is 5.94. The number of carbonyl (C=O) groups is 1. The molecule has 9 nitrogen and oxygen atoms in total. The average Bonchev–Trinajstić information content (AvgIpc) is 3.27. The van der Waals surface area contributed by atoms with Gasteiger partial charge in [-0.3, -0.25) is 10.1 Å². The van der Waals surface area contributed by atoms with Gasteiger partial charge in [-0.2, -0.15) is 0 Å². The van der Waals surface area contributed by atoms with Gasteiger partial charge >= 0.3 is 5.97 Å². The van der Waals surface area contributed by atoms with Crippen molar-refractivity contribution in [3.63, 3.8) is 0 Å². The first-order chi connectivity index (χ1) is 13.7. The van der Waals surface area contributed by atoms with Crippen molar-refractivity contribution in [1.82, 2.24) is 5.59 Å². The first kappa shape index (κ1) is 19.3. The summed E-state index contributed by atoms with van der Waals surface area (Å²) in [5, 5.41) is 18.7. The Bertz CT molecular complexity index is 1240. The maximum Gasteiger partial charge on any atom is 0.339 e. The lowest BCUT2D eigenvalue weighted by molar-refractivity contribution is 0.0694.